The Labute approximate surface area is 156 Å². The number of piperidine rings is 1. The van der Waals surface area contributed by atoms with Gasteiger partial charge in [-0.3, -0.25) is 0 Å². The molecule has 142 valence electrons. The molecule has 1 aromatic carbocycles. The first kappa shape index (κ1) is 18.9. The lowest BCUT2D eigenvalue weighted by Crippen LogP contribution is -2.60. The van der Waals surface area contributed by atoms with Crippen LogP contribution in [-0.2, 0) is 11.2 Å². The molecule has 0 saturated carbocycles. The van der Waals surface area contributed by atoms with E-state index in [1.165, 1.54) is 0 Å². The fourth-order valence-corrected chi connectivity index (χ4v) is 3.27. The summed E-state index contributed by atoms with van der Waals surface area (Å²) in [6.07, 6.45) is -0.656. The number of amidine groups is 1. The van der Waals surface area contributed by atoms with Crippen molar-refractivity contribution in [2.75, 3.05) is 13.1 Å². The summed E-state index contributed by atoms with van der Waals surface area (Å²) < 4.78 is 33.7. The summed E-state index contributed by atoms with van der Waals surface area (Å²) in [5.74, 6) is -2.28. The Bertz CT molecular complexity index is 746. The monoisotopic (exact) mass is 385 g/mol. The van der Waals surface area contributed by atoms with Gasteiger partial charge in [0.1, 0.15) is 17.5 Å². The zero-order valence-corrected chi connectivity index (χ0v) is 15.7. The molecule has 1 aromatic rings. The normalized spacial score (nSPS) is 21.8. The van der Waals surface area contributed by atoms with Crippen LogP contribution in [0.2, 0.25) is 5.02 Å². The van der Waals surface area contributed by atoms with Gasteiger partial charge in [0.25, 0.3) is 5.92 Å². The predicted molar refractivity (Wildman–Crippen MR) is 96.5 cm³/mol. The number of carbonyl (C=O) groups is 1. The third kappa shape index (κ3) is 4.26. The average molecular weight is 386 g/mol. The molecule has 1 amide bonds. The van der Waals surface area contributed by atoms with Crippen LogP contribution in [0.4, 0.5) is 19.3 Å². The first-order chi connectivity index (χ1) is 12.0. The van der Waals surface area contributed by atoms with Gasteiger partial charge in [-0.1, -0.05) is 11.6 Å². The average Bonchev–Trinajstić information content (AvgIpc) is 2.90. The Hall–Kier alpha value is -1.89. The van der Waals surface area contributed by atoms with Gasteiger partial charge in [0.15, 0.2) is 0 Å². The number of aliphatic imine (C=N–C) groups is 1. The second-order valence-corrected chi connectivity index (χ2v) is 8.07. The molecule has 8 heteroatoms. The number of amides is 1. The number of alkyl halides is 2. The van der Waals surface area contributed by atoms with Crippen LogP contribution < -0.4 is 5.32 Å². The van der Waals surface area contributed by atoms with Crippen molar-refractivity contribution in [3.05, 3.63) is 28.8 Å². The number of likely N-dealkylation sites (tertiary alicyclic amines) is 1. The van der Waals surface area contributed by atoms with Crippen molar-refractivity contribution in [2.45, 2.75) is 51.2 Å². The van der Waals surface area contributed by atoms with Gasteiger partial charge >= 0.3 is 6.09 Å². The van der Waals surface area contributed by atoms with Crippen LogP contribution in [0.3, 0.4) is 0 Å². The molecule has 2 heterocycles. The lowest BCUT2D eigenvalue weighted by Gasteiger charge is -2.39. The van der Waals surface area contributed by atoms with E-state index >= 15 is 0 Å². The minimum Gasteiger partial charge on any atom is -0.444 e. The molecule has 1 saturated heterocycles. The molecule has 1 fully saturated rings. The number of nitrogens with zero attached hydrogens (tertiary/aromatic N) is 2. The van der Waals surface area contributed by atoms with E-state index < -0.39 is 23.7 Å². The molecule has 3 rings (SSSR count). The highest BCUT2D eigenvalue weighted by molar-refractivity contribution is 6.30. The fourth-order valence-electron chi connectivity index (χ4n) is 3.08. The van der Waals surface area contributed by atoms with Gasteiger partial charge < -0.3 is 15.0 Å². The minimum atomic E-state index is -3.00. The predicted octanol–water partition coefficient (Wildman–Crippen LogP) is 4.16. The van der Waals surface area contributed by atoms with Gasteiger partial charge in [-0.25, -0.2) is 18.6 Å². The van der Waals surface area contributed by atoms with Crippen LogP contribution >= 0.6 is 11.6 Å². The number of nitrogens with one attached hydrogen (secondary N) is 1. The first-order valence-electron chi connectivity index (χ1n) is 8.52. The maximum Gasteiger partial charge on any atom is 0.408 e. The molecule has 0 radical (unpaired) electrons. The molecule has 2 aliphatic heterocycles. The number of carbonyl (C=O) groups excluding carboxylic acids is 1. The van der Waals surface area contributed by atoms with Gasteiger partial charge in [-0.05, 0) is 44.5 Å². The topological polar surface area (TPSA) is 53.9 Å². The van der Waals surface area contributed by atoms with Crippen LogP contribution in [0, 0.1) is 0 Å². The van der Waals surface area contributed by atoms with Crippen molar-refractivity contribution in [3.8, 4) is 0 Å². The van der Waals surface area contributed by atoms with E-state index in [2.05, 4.69) is 10.3 Å². The number of hydrogen-bond acceptors (Lipinski definition) is 4. The van der Waals surface area contributed by atoms with Crippen LogP contribution in [-0.4, -0.2) is 47.5 Å². The molecule has 0 aliphatic carbocycles. The zero-order chi connectivity index (χ0) is 19.1. The quantitative estimate of drug-likeness (QED) is 0.789. The molecule has 5 nitrogen and oxygen atoms in total. The van der Waals surface area contributed by atoms with Crippen LogP contribution in [0.1, 0.15) is 32.8 Å². The lowest BCUT2D eigenvalue weighted by molar-refractivity contribution is -0.0741. The number of benzene rings is 1. The van der Waals surface area contributed by atoms with Crippen molar-refractivity contribution in [1.29, 1.82) is 0 Å². The Balaban J connectivity index is 1.69. The summed E-state index contributed by atoms with van der Waals surface area (Å²) in [5.41, 5.74) is 1.03. The van der Waals surface area contributed by atoms with Gasteiger partial charge in [-0.2, -0.15) is 0 Å². The zero-order valence-electron chi connectivity index (χ0n) is 15.0. The van der Waals surface area contributed by atoms with Crippen molar-refractivity contribution >= 4 is 29.2 Å². The number of ether oxygens (including phenoxy) is 1. The number of fused-ring (bicyclic) bond motifs is 1. The summed E-state index contributed by atoms with van der Waals surface area (Å²) in [6.45, 7) is 5.22. The summed E-state index contributed by atoms with van der Waals surface area (Å²) in [7, 11) is 0. The number of halogens is 3. The maximum absolute atomic E-state index is 14.3. The summed E-state index contributed by atoms with van der Waals surface area (Å²) >= 11 is 6.00. The van der Waals surface area contributed by atoms with Crippen molar-refractivity contribution in [1.82, 2.24) is 10.2 Å². The maximum atomic E-state index is 14.3. The minimum absolute atomic E-state index is 0.0210. The summed E-state index contributed by atoms with van der Waals surface area (Å²) in [4.78, 5) is 18.3. The molecular weight excluding hydrogens is 364 g/mol. The number of rotatable bonds is 1. The lowest BCUT2D eigenvalue weighted by atomic mass is 10.0. The Kier molecular flexibility index (Phi) is 4.86. The van der Waals surface area contributed by atoms with Gasteiger partial charge in [-0.15, -0.1) is 0 Å². The van der Waals surface area contributed by atoms with Crippen LogP contribution in [0.5, 0.6) is 0 Å². The Morgan fingerprint density at radius 1 is 1.42 bits per heavy atom. The van der Waals surface area contributed by atoms with Gasteiger partial charge in [0.2, 0.25) is 0 Å². The second kappa shape index (κ2) is 6.68. The van der Waals surface area contributed by atoms with Gasteiger partial charge in [0.05, 0.1) is 5.69 Å². The van der Waals surface area contributed by atoms with Crippen LogP contribution in [0.15, 0.2) is 23.2 Å². The number of hydrogen-bond donors (Lipinski definition) is 1. The van der Waals surface area contributed by atoms with E-state index in [9.17, 15) is 13.6 Å². The molecule has 0 spiro atoms. The molecule has 26 heavy (non-hydrogen) atoms. The summed E-state index contributed by atoms with van der Waals surface area (Å²) in [5, 5.41) is 2.94. The molecule has 1 N–H and O–H groups in total. The third-order valence-corrected chi connectivity index (χ3v) is 4.56. The number of alkyl carbamates (subject to hydrolysis) is 1. The summed E-state index contributed by atoms with van der Waals surface area (Å²) in [6, 6.07) is 4.08. The Morgan fingerprint density at radius 2 is 2.15 bits per heavy atom. The van der Waals surface area contributed by atoms with E-state index in [1.54, 1.807) is 31.7 Å². The van der Waals surface area contributed by atoms with Crippen molar-refractivity contribution in [3.63, 3.8) is 0 Å². The highest BCUT2D eigenvalue weighted by Gasteiger charge is 2.46. The van der Waals surface area contributed by atoms with E-state index in [1.807, 2.05) is 12.1 Å². The van der Waals surface area contributed by atoms with E-state index in [0.717, 1.165) is 11.3 Å². The van der Waals surface area contributed by atoms with Crippen molar-refractivity contribution in [2.24, 2.45) is 4.99 Å². The molecule has 1 atom stereocenters. The molecule has 0 unspecified atom stereocenters. The fraction of sp³-hybridized carbons (Fsp3) is 0.556. The second-order valence-electron chi connectivity index (χ2n) is 7.63. The SMILES string of the molecule is CC(C)(C)OC(=O)N[C@@H]1CN(C2=Nc3ccc(Cl)cc3C2)CCC1(F)F. The largest absolute Gasteiger partial charge is 0.444 e. The molecule has 0 bridgehead atoms. The molecule has 2 aliphatic rings. The Morgan fingerprint density at radius 3 is 2.85 bits per heavy atom. The highest BCUT2D eigenvalue weighted by Crippen LogP contribution is 2.34. The van der Waals surface area contributed by atoms with Crippen molar-refractivity contribution < 1.29 is 18.3 Å². The third-order valence-electron chi connectivity index (χ3n) is 4.32. The van der Waals surface area contributed by atoms with Crippen LogP contribution in [0.25, 0.3) is 0 Å². The standard InChI is InChI=1S/C18H22ClF2N3O2/c1-17(2,3)26-16(25)23-14-10-24(7-6-18(14,20)21)15-9-11-8-12(19)4-5-13(11)22-15/h4-5,8,14H,6-7,9-10H2,1-3H3,(H,23,25)/t14-/m1/s1. The van der Waals surface area contributed by atoms with Gasteiger partial charge in [0, 0.05) is 31.0 Å². The first-order valence-corrected chi connectivity index (χ1v) is 8.89. The smallest absolute Gasteiger partial charge is 0.408 e. The highest BCUT2D eigenvalue weighted by atomic mass is 35.5. The van der Waals surface area contributed by atoms with E-state index in [-0.39, 0.29) is 19.5 Å². The van der Waals surface area contributed by atoms with E-state index in [0.29, 0.717) is 17.3 Å². The molecular formula is C18H22ClF2N3O2. The molecule has 0 aromatic heterocycles. The van der Waals surface area contributed by atoms with E-state index in [4.69, 9.17) is 16.3 Å².